The lowest BCUT2D eigenvalue weighted by Gasteiger charge is -2.33. The highest BCUT2D eigenvalue weighted by atomic mass is 35.5. The average Bonchev–Trinajstić information content (AvgIpc) is 2.68. The summed E-state index contributed by atoms with van der Waals surface area (Å²) in [5.41, 5.74) is 1.98. The standard InChI is InChI=1S/C13H22ClN3OS/c1-9(19-10(2)14)12(15-3)11-8-16-6-4-5-7-17(16)13(11)18/h10,15,18H,4-8H2,1-3H3/b12-9-. The van der Waals surface area contributed by atoms with E-state index < -0.39 is 0 Å². The molecule has 108 valence electrons. The van der Waals surface area contributed by atoms with E-state index >= 15 is 0 Å². The summed E-state index contributed by atoms with van der Waals surface area (Å²) in [5, 5.41) is 17.8. The molecule has 0 aliphatic carbocycles. The lowest BCUT2D eigenvalue weighted by Crippen LogP contribution is -2.42. The van der Waals surface area contributed by atoms with Gasteiger partial charge in [-0.1, -0.05) is 0 Å². The Bertz CT molecular complexity index is 409. The van der Waals surface area contributed by atoms with E-state index in [0.717, 1.165) is 42.2 Å². The van der Waals surface area contributed by atoms with Gasteiger partial charge in [-0.25, -0.2) is 5.01 Å². The maximum absolute atomic E-state index is 10.4. The van der Waals surface area contributed by atoms with Crippen LogP contribution in [0.25, 0.3) is 0 Å². The zero-order valence-corrected chi connectivity index (χ0v) is 13.3. The van der Waals surface area contributed by atoms with Crippen LogP contribution in [0.4, 0.5) is 0 Å². The summed E-state index contributed by atoms with van der Waals surface area (Å²) in [7, 11) is 1.89. The Labute approximate surface area is 124 Å². The summed E-state index contributed by atoms with van der Waals surface area (Å²) in [5.74, 6) is 0.395. The molecule has 2 N–H and O–H groups in total. The molecule has 2 heterocycles. The topological polar surface area (TPSA) is 38.7 Å². The van der Waals surface area contributed by atoms with Gasteiger partial charge in [-0.05, 0) is 26.7 Å². The van der Waals surface area contributed by atoms with Crippen LogP contribution in [0.1, 0.15) is 26.7 Å². The summed E-state index contributed by atoms with van der Waals surface area (Å²) in [4.78, 5) is 1.12. The summed E-state index contributed by atoms with van der Waals surface area (Å²) >= 11 is 7.65. The van der Waals surface area contributed by atoms with E-state index in [1.54, 1.807) is 11.8 Å². The molecule has 0 radical (unpaired) electrons. The van der Waals surface area contributed by atoms with Gasteiger partial charge in [-0.2, -0.15) is 0 Å². The first kappa shape index (κ1) is 14.9. The first-order chi connectivity index (χ1) is 9.04. The molecular formula is C13H22ClN3OS. The molecule has 1 fully saturated rings. The van der Waals surface area contributed by atoms with Crippen LogP contribution in [-0.2, 0) is 0 Å². The maximum Gasteiger partial charge on any atom is 0.208 e. The molecule has 0 bridgehead atoms. The molecule has 1 atom stereocenters. The van der Waals surface area contributed by atoms with Crippen LogP contribution in [0, 0.1) is 0 Å². The average molecular weight is 304 g/mol. The maximum atomic E-state index is 10.4. The van der Waals surface area contributed by atoms with Gasteiger partial charge in [0.2, 0.25) is 5.88 Å². The number of nitrogens with zero attached hydrogens (tertiary/aromatic N) is 2. The SMILES string of the molecule is CN/C(C1=C(O)N2CCCCN2C1)=C(/C)SC(C)Cl. The number of rotatable bonds is 4. The minimum Gasteiger partial charge on any atom is -0.493 e. The molecule has 2 rings (SSSR count). The largest absolute Gasteiger partial charge is 0.493 e. The van der Waals surface area contributed by atoms with Gasteiger partial charge in [0.25, 0.3) is 0 Å². The predicted octanol–water partition coefficient (Wildman–Crippen LogP) is 2.85. The van der Waals surface area contributed by atoms with E-state index in [-0.39, 0.29) is 4.71 Å². The van der Waals surface area contributed by atoms with Gasteiger partial charge in [0.1, 0.15) is 0 Å². The zero-order chi connectivity index (χ0) is 14.0. The summed E-state index contributed by atoms with van der Waals surface area (Å²) in [6, 6.07) is 0. The van der Waals surface area contributed by atoms with E-state index in [4.69, 9.17) is 11.6 Å². The van der Waals surface area contributed by atoms with Crippen LogP contribution in [0.15, 0.2) is 22.1 Å². The van der Waals surface area contributed by atoms with E-state index in [1.807, 2.05) is 25.9 Å². The zero-order valence-electron chi connectivity index (χ0n) is 11.7. The molecule has 2 aliphatic rings. The normalized spacial score (nSPS) is 23.3. The molecule has 6 heteroatoms. The Kier molecular flexibility index (Phi) is 4.92. The van der Waals surface area contributed by atoms with Crippen molar-refractivity contribution in [3.05, 3.63) is 22.1 Å². The van der Waals surface area contributed by atoms with Gasteiger partial charge in [-0.3, -0.25) is 5.01 Å². The van der Waals surface area contributed by atoms with Crippen LogP contribution in [0.5, 0.6) is 0 Å². The molecule has 2 aliphatic heterocycles. The highest BCUT2D eigenvalue weighted by Crippen LogP contribution is 2.33. The highest BCUT2D eigenvalue weighted by molar-refractivity contribution is 8.04. The van der Waals surface area contributed by atoms with E-state index in [9.17, 15) is 5.11 Å². The minimum atomic E-state index is 0.0235. The second-order valence-corrected chi connectivity index (χ2v) is 7.33. The molecule has 4 nitrogen and oxygen atoms in total. The first-order valence-electron chi connectivity index (χ1n) is 6.68. The van der Waals surface area contributed by atoms with Crippen LogP contribution in [0.2, 0.25) is 0 Å². The monoisotopic (exact) mass is 303 g/mol. The smallest absolute Gasteiger partial charge is 0.208 e. The van der Waals surface area contributed by atoms with E-state index in [1.165, 1.54) is 6.42 Å². The molecule has 0 spiro atoms. The van der Waals surface area contributed by atoms with Crippen molar-refractivity contribution in [2.45, 2.75) is 31.4 Å². The summed E-state index contributed by atoms with van der Waals surface area (Å²) in [6.45, 7) is 6.70. The molecule has 0 aromatic rings. The fraction of sp³-hybridized carbons (Fsp3) is 0.692. The lowest BCUT2D eigenvalue weighted by atomic mass is 10.2. The number of likely N-dealkylation sites (N-methyl/N-ethyl adjacent to an activating group) is 1. The van der Waals surface area contributed by atoms with Crippen molar-refractivity contribution < 1.29 is 5.11 Å². The second-order valence-electron chi connectivity index (χ2n) is 4.86. The molecule has 0 aromatic heterocycles. The number of hydrazine groups is 1. The predicted molar refractivity (Wildman–Crippen MR) is 81.8 cm³/mol. The number of thioether (sulfide) groups is 1. The Balaban J connectivity index is 2.25. The number of alkyl halides is 1. The number of aliphatic hydroxyl groups excluding tert-OH is 1. The Morgan fingerprint density at radius 3 is 2.68 bits per heavy atom. The number of hydrogen-bond acceptors (Lipinski definition) is 5. The number of nitrogens with one attached hydrogen (secondary N) is 1. The lowest BCUT2D eigenvalue weighted by molar-refractivity contribution is -0.0237. The van der Waals surface area contributed by atoms with Crippen molar-refractivity contribution in [2.75, 3.05) is 26.7 Å². The van der Waals surface area contributed by atoms with E-state index in [2.05, 4.69) is 10.3 Å². The van der Waals surface area contributed by atoms with E-state index in [0.29, 0.717) is 5.88 Å². The molecule has 1 unspecified atom stereocenters. The van der Waals surface area contributed by atoms with Gasteiger partial charge < -0.3 is 10.4 Å². The van der Waals surface area contributed by atoms with Gasteiger partial charge in [0, 0.05) is 25.0 Å². The fourth-order valence-electron chi connectivity index (χ4n) is 2.66. The van der Waals surface area contributed by atoms with Crippen molar-refractivity contribution in [1.29, 1.82) is 0 Å². The Hall–Kier alpha value is -0.520. The highest BCUT2D eigenvalue weighted by Gasteiger charge is 2.33. The number of hydrogen-bond donors (Lipinski definition) is 2. The minimum absolute atomic E-state index is 0.0235. The molecule has 1 saturated heterocycles. The Morgan fingerprint density at radius 2 is 2.11 bits per heavy atom. The van der Waals surface area contributed by atoms with Crippen LogP contribution in [0.3, 0.4) is 0 Å². The number of allylic oxidation sites excluding steroid dienone is 1. The summed E-state index contributed by atoms with van der Waals surface area (Å²) < 4.78 is 0.0235. The quantitative estimate of drug-likeness (QED) is 0.781. The third kappa shape index (κ3) is 3.15. The van der Waals surface area contributed by atoms with Crippen LogP contribution >= 0.6 is 23.4 Å². The number of aliphatic hydroxyl groups is 1. The van der Waals surface area contributed by atoms with Crippen molar-refractivity contribution in [2.24, 2.45) is 0 Å². The first-order valence-corrected chi connectivity index (χ1v) is 8.00. The molecular weight excluding hydrogens is 282 g/mol. The van der Waals surface area contributed by atoms with Crippen LogP contribution < -0.4 is 5.32 Å². The van der Waals surface area contributed by atoms with Gasteiger partial charge in [-0.15, -0.1) is 23.4 Å². The van der Waals surface area contributed by atoms with Gasteiger partial charge in [0.05, 0.1) is 22.5 Å². The van der Waals surface area contributed by atoms with Crippen molar-refractivity contribution in [1.82, 2.24) is 15.3 Å². The fourth-order valence-corrected chi connectivity index (χ4v) is 3.90. The van der Waals surface area contributed by atoms with Crippen molar-refractivity contribution in [3.8, 4) is 0 Å². The number of fused-ring (bicyclic) bond motifs is 1. The van der Waals surface area contributed by atoms with Gasteiger partial charge in [0.15, 0.2) is 0 Å². The molecule has 19 heavy (non-hydrogen) atoms. The van der Waals surface area contributed by atoms with Crippen LogP contribution in [-0.4, -0.2) is 46.5 Å². The molecule has 0 saturated carbocycles. The number of halogens is 1. The van der Waals surface area contributed by atoms with Crippen molar-refractivity contribution >= 4 is 23.4 Å². The second kappa shape index (κ2) is 6.29. The molecule has 0 aromatic carbocycles. The Morgan fingerprint density at radius 1 is 1.42 bits per heavy atom. The third-order valence-corrected chi connectivity index (χ3v) is 4.63. The van der Waals surface area contributed by atoms with Crippen molar-refractivity contribution in [3.63, 3.8) is 0 Å². The third-order valence-electron chi connectivity index (χ3n) is 3.48. The summed E-state index contributed by atoms with van der Waals surface area (Å²) in [6.07, 6.45) is 2.33. The molecule has 0 amide bonds. The van der Waals surface area contributed by atoms with Gasteiger partial charge >= 0.3 is 0 Å².